The first-order chi connectivity index (χ1) is 21.4. The number of nitrogens with zero attached hydrogens (tertiary/aromatic N) is 6. The highest BCUT2D eigenvalue weighted by atomic mass is 32.1. The summed E-state index contributed by atoms with van der Waals surface area (Å²) in [4.78, 5) is 32.5. The third-order valence-corrected chi connectivity index (χ3v) is 10.4. The first kappa shape index (κ1) is 27.0. The van der Waals surface area contributed by atoms with E-state index in [0.717, 1.165) is 64.3 Å². The van der Waals surface area contributed by atoms with Gasteiger partial charge in [-0.1, -0.05) is 25.0 Å². The van der Waals surface area contributed by atoms with Gasteiger partial charge in [-0.05, 0) is 67.9 Å². The molecule has 2 aliphatic rings. The van der Waals surface area contributed by atoms with Crippen LogP contribution >= 0.6 is 11.3 Å². The molecule has 0 saturated heterocycles. The average molecular weight is 603 g/mol. The molecule has 2 fully saturated rings. The van der Waals surface area contributed by atoms with Crippen molar-refractivity contribution in [3.05, 3.63) is 77.3 Å². The summed E-state index contributed by atoms with van der Waals surface area (Å²) in [5, 5.41) is 7.13. The van der Waals surface area contributed by atoms with Crippen LogP contribution < -0.4 is 11.1 Å². The van der Waals surface area contributed by atoms with E-state index in [-0.39, 0.29) is 5.91 Å². The third-order valence-electron chi connectivity index (χ3n) is 9.76. The van der Waals surface area contributed by atoms with Crippen molar-refractivity contribution in [3.8, 4) is 22.6 Å². The van der Waals surface area contributed by atoms with Crippen LogP contribution in [0.25, 0.3) is 44.6 Å². The van der Waals surface area contributed by atoms with Crippen molar-refractivity contribution in [2.24, 2.45) is 14.1 Å². The van der Waals surface area contributed by atoms with Gasteiger partial charge in [0.05, 0.1) is 34.2 Å². The summed E-state index contributed by atoms with van der Waals surface area (Å²) in [5.41, 5.74) is 14.1. The monoisotopic (exact) mass is 602 g/mol. The largest absolute Gasteiger partial charge is 0.375 e. The number of anilines is 1. The van der Waals surface area contributed by atoms with E-state index in [4.69, 9.17) is 10.7 Å². The Labute approximate surface area is 259 Å². The predicted octanol–water partition coefficient (Wildman–Crippen LogP) is 6.69. The van der Waals surface area contributed by atoms with Gasteiger partial charge in [-0.2, -0.15) is 0 Å². The average Bonchev–Trinajstić information content (AvgIpc) is 3.82. The van der Waals surface area contributed by atoms with Gasteiger partial charge >= 0.3 is 0 Å². The second kappa shape index (κ2) is 10.3. The first-order valence-corrected chi connectivity index (χ1v) is 16.2. The second-order valence-corrected chi connectivity index (χ2v) is 13.2. The molecule has 4 heterocycles. The fourth-order valence-corrected chi connectivity index (χ4v) is 7.97. The molecule has 2 aliphatic carbocycles. The van der Waals surface area contributed by atoms with Gasteiger partial charge in [-0.25, -0.2) is 9.97 Å². The molecule has 3 N–H and O–H groups in total. The minimum atomic E-state index is -0.515. The molecule has 9 nitrogen and oxygen atoms in total. The quantitative estimate of drug-likeness (QED) is 0.219. The number of aromatic nitrogens is 6. The van der Waals surface area contributed by atoms with E-state index in [0.29, 0.717) is 16.6 Å². The molecule has 4 aromatic heterocycles. The lowest BCUT2D eigenvalue weighted by Gasteiger charge is -2.41. The van der Waals surface area contributed by atoms with E-state index in [2.05, 4.69) is 60.7 Å². The number of carbonyl (C=O) groups is 1. The molecule has 2 aromatic carbocycles. The number of thiazole rings is 1. The molecule has 2 saturated carbocycles. The minimum Gasteiger partial charge on any atom is -0.375 e. The summed E-state index contributed by atoms with van der Waals surface area (Å²) in [6.45, 7) is 0. The summed E-state index contributed by atoms with van der Waals surface area (Å²) < 4.78 is 4.32. The number of hydrogen-bond donors (Lipinski definition) is 2. The number of carbonyl (C=O) groups excluding carboxylic acids is 1. The van der Waals surface area contributed by atoms with Crippen molar-refractivity contribution < 1.29 is 4.79 Å². The SMILES string of the molecule is Cn1c(C2(NC(=O)c3ccc4c(C5CCCC5)c(-c5cnccn5)n(C)c4c3)CCC2)nc2cc(-c3csc(N)n3)ccc21. The highest BCUT2D eigenvalue weighted by molar-refractivity contribution is 7.13. The molecule has 222 valence electrons. The van der Waals surface area contributed by atoms with Crippen LogP contribution in [-0.4, -0.2) is 35.0 Å². The van der Waals surface area contributed by atoms with Crippen LogP contribution in [0.15, 0.2) is 60.4 Å². The first-order valence-electron chi connectivity index (χ1n) is 15.3. The molecule has 0 spiro atoms. The highest BCUT2D eigenvalue weighted by Crippen LogP contribution is 2.45. The summed E-state index contributed by atoms with van der Waals surface area (Å²) in [5.74, 6) is 1.29. The van der Waals surface area contributed by atoms with E-state index >= 15 is 0 Å². The topological polar surface area (TPSA) is 117 Å². The number of rotatable bonds is 6. The summed E-state index contributed by atoms with van der Waals surface area (Å²) >= 11 is 1.43. The molecule has 8 rings (SSSR count). The Kier molecular flexibility index (Phi) is 6.30. The molecule has 1 amide bonds. The molecule has 0 atom stereocenters. The fourth-order valence-electron chi connectivity index (χ4n) is 7.40. The molecule has 0 bridgehead atoms. The van der Waals surface area contributed by atoms with Crippen molar-refractivity contribution in [1.29, 1.82) is 0 Å². The maximum Gasteiger partial charge on any atom is 0.252 e. The Hall–Kier alpha value is -4.57. The number of nitrogens with two attached hydrogens (primary N) is 1. The molecule has 0 aliphatic heterocycles. The van der Waals surface area contributed by atoms with Gasteiger partial charge in [0.2, 0.25) is 0 Å². The van der Waals surface area contributed by atoms with Crippen LogP contribution in [0.1, 0.15) is 72.6 Å². The number of benzene rings is 2. The van der Waals surface area contributed by atoms with Gasteiger partial charge in [-0.3, -0.25) is 14.8 Å². The van der Waals surface area contributed by atoms with Gasteiger partial charge in [0.15, 0.2) is 5.13 Å². The highest BCUT2D eigenvalue weighted by Gasteiger charge is 2.44. The zero-order valence-electron chi connectivity index (χ0n) is 24.9. The molecule has 0 unspecified atom stereocenters. The molecular formula is C34H34N8OS. The lowest BCUT2D eigenvalue weighted by Crippen LogP contribution is -2.52. The molecular weight excluding hydrogens is 568 g/mol. The van der Waals surface area contributed by atoms with E-state index in [1.807, 2.05) is 30.8 Å². The van der Waals surface area contributed by atoms with E-state index < -0.39 is 5.54 Å². The van der Waals surface area contributed by atoms with Gasteiger partial charge in [-0.15, -0.1) is 11.3 Å². The van der Waals surface area contributed by atoms with Crippen LogP contribution in [0.5, 0.6) is 0 Å². The van der Waals surface area contributed by atoms with Crippen LogP contribution in [-0.2, 0) is 19.6 Å². The van der Waals surface area contributed by atoms with Gasteiger partial charge in [0, 0.05) is 53.9 Å². The Balaban J connectivity index is 1.15. The van der Waals surface area contributed by atoms with Crippen molar-refractivity contribution in [1.82, 2.24) is 34.4 Å². The van der Waals surface area contributed by atoms with Crippen molar-refractivity contribution in [2.45, 2.75) is 56.4 Å². The number of aryl methyl sites for hydroxylation is 2. The van der Waals surface area contributed by atoms with E-state index in [1.165, 1.54) is 48.0 Å². The van der Waals surface area contributed by atoms with Gasteiger partial charge in [0.25, 0.3) is 5.91 Å². The van der Waals surface area contributed by atoms with Crippen molar-refractivity contribution in [2.75, 3.05) is 5.73 Å². The van der Waals surface area contributed by atoms with Crippen LogP contribution in [0.4, 0.5) is 5.13 Å². The maximum absolute atomic E-state index is 14.0. The molecule has 0 radical (unpaired) electrons. The number of nitrogen functional groups attached to an aromatic ring is 1. The van der Waals surface area contributed by atoms with Crippen LogP contribution in [0, 0.1) is 0 Å². The lowest BCUT2D eigenvalue weighted by molar-refractivity contribution is 0.0805. The second-order valence-electron chi connectivity index (χ2n) is 12.3. The Morgan fingerprint density at radius 3 is 2.52 bits per heavy atom. The zero-order valence-corrected chi connectivity index (χ0v) is 25.7. The van der Waals surface area contributed by atoms with E-state index in [1.54, 1.807) is 12.4 Å². The Morgan fingerprint density at radius 1 is 0.977 bits per heavy atom. The van der Waals surface area contributed by atoms with Crippen molar-refractivity contribution in [3.63, 3.8) is 0 Å². The zero-order chi connectivity index (χ0) is 30.0. The number of imidazole rings is 1. The smallest absolute Gasteiger partial charge is 0.252 e. The van der Waals surface area contributed by atoms with Crippen LogP contribution in [0.2, 0.25) is 0 Å². The normalized spacial score (nSPS) is 16.5. The van der Waals surface area contributed by atoms with Crippen molar-refractivity contribution >= 4 is 44.3 Å². The number of amides is 1. The lowest BCUT2D eigenvalue weighted by atomic mass is 9.75. The molecule has 44 heavy (non-hydrogen) atoms. The summed E-state index contributed by atoms with van der Waals surface area (Å²) in [6, 6.07) is 12.3. The Bertz CT molecular complexity index is 2050. The summed E-state index contributed by atoms with van der Waals surface area (Å²) in [6.07, 6.45) is 12.9. The number of nitrogens with one attached hydrogen (secondary N) is 1. The third kappa shape index (κ3) is 4.23. The maximum atomic E-state index is 14.0. The number of fused-ring (bicyclic) bond motifs is 2. The molecule has 6 aromatic rings. The van der Waals surface area contributed by atoms with Gasteiger partial charge in [0.1, 0.15) is 11.5 Å². The van der Waals surface area contributed by atoms with E-state index in [9.17, 15) is 4.79 Å². The van der Waals surface area contributed by atoms with Crippen LogP contribution in [0.3, 0.4) is 0 Å². The standard InChI is InChI=1S/C34H34N8OS/c1-41-28-17-22(8-10-23(28)29(20-6-3-4-7-20)30(41)25-18-36-14-15-37-25)31(43)40-34(12-5-13-34)32-38-24-16-21(9-11-27(24)42(32)2)26-19-44-33(35)39-26/h8-11,14-20H,3-7,12-13H2,1-2H3,(H2,35,39)(H,40,43). The minimum absolute atomic E-state index is 0.0815. The number of hydrogen-bond acceptors (Lipinski definition) is 7. The predicted molar refractivity (Wildman–Crippen MR) is 174 cm³/mol. The fraction of sp³-hybridized carbons (Fsp3) is 0.324. The summed E-state index contributed by atoms with van der Waals surface area (Å²) in [7, 11) is 4.11. The Morgan fingerprint density at radius 2 is 1.82 bits per heavy atom. The van der Waals surface area contributed by atoms with Gasteiger partial charge < -0.3 is 20.2 Å². The molecule has 10 heteroatoms.